The second-order valence-electron chi connectivity index (χ2n) is 4.87. The van der Waals surface area contributed by atoms with E-state index in [0.29, 0.717) is 10.8 Å². The number of amides is 1. The highest BCUT2D eigenvalue weighted by atomic mass is 19.3. The molecule has 0 radical (unpaired) electrons. The Morgan fingerprint density at radius 2 is 1.43 bits per heavy atom. The van der Waals surface area contributed by atoms with Crippen LogP contribution in [0.5, 0.6) is 5.75 Å². The lowest BCUT2D eigenvalue weighted by Crippen LogP contribution is -2.38. The molecule has 2 aromatic carbocycles. The zero-order chi connectivity index (χ0) is 17.0. The average Bonchev–Trinajstić information content (AvgIpc) is 2.60. The Labute approximate surface area is 133 Å². The molecule has 0 aliphatic rings. The third-order valence-corrected chi connectivity index (χ3v) is 3.50. The molecule has 0 aliphatic heterocycles. The van der Waals surface area contributed by atoms with Crippen molar-refractivity contribution in [3.8, 4) is 16.9 Å². The van der Waals surface area contributed by atoms with Gasteiger partial charge in [0.25, 0.3) is 0 Å². The molecule has 6 heteroatoms. The third-order valence-electron chi connectivity index (χ3n) is 3.50. The number of likely N-dealkylation sites (N-methyl/N-ethyl adjacent to an activating group) is 1. The minimum Gasteiger partial charge on any atom is -0.497 e. The van der Waals surface area contributed by atoms with Crippen LogP contribution in [0.4, 0.5) is 8.78 Å². The van der Waals surface area contributed by atoms with Gasteiger partial charge in [-0.15, -0.1) is 0 Å². The molecule has 0 fully saturated rings. The van der Waals surface area contributed by atoms with Crippen molar-refractivity contribution in [2.24, 2.45) is 0 Å². The van der Waals surface area contributed by atoms with Gasteiger partial charge in [0.1, 0.15) is 5.75 Å². The highest BCUT2D eigenvalue weighted by molar-refractivity contribution is 5.84. The molecule has 1 amide bonds. The molecule has 0 saturated carbocycles. The van der Waals surface area contributed by atoms with Gasteiger partial charge in [-0.1, -0.05) is 36.4 Å². The average molecular weight is 321 g/mol. The van der Waals surface area contributed by atoms with Crippen LogP contribution < -0.4 is 4.74 Å². The van der Waals surface area contributed by atoms with Crippen LogP contribution in [0, 0.1) is 0 Å². The van der Waals surface area contributed by atoms with Crippen LogP contribution in [0.2, 0.25) is 0 Å². The summed E-state index contributed by atoms with van der Waals surface area (Å²) < 4.78 is 33.3. The normalized spacial score (nSPS) is 11.2. The zero-order valence-electron chi connectivity index (χ0n) is 13.0. The first-order valence-electron chi connectivity index (χ1n) is 6.85. The molecule has 0 aliphatic carbocycles. The number of hydrogen-bond donors (Lipinski definition) is 0. The van der Waals surface area contributed by atoms with Gasteiger partial charge in [0, 0.05) is 12.6 Å². The van der Waals surface area contributed by atoms with Crippen LogP contribution in [-0.2, 0) is 15.6 Å². The summed E-state index contributed by atoms with van der Waals surface area (Å²) in [7, 11) is 3.86. The Morgan fingerprint density at radius 1 is 0.957 bits per heavy atom. The molecule has 0 bridgehead atoms. The second-order valence-corrected chi connectivity index (χ2v) is 4.87. The first-order valence-corrected chi connectivity index (χ1v) is 6.85. The quantitative estimate of drug-likeness (QED) is 0.792. The zero-order valence-corrected chi connectivity index (χ0v) is 13.0. The molecule has 23 heavy (non-hydrogen) atoms. The Morgan fingerprint density at radius 3 is 1.87 bits per heavy atom. The van der Waals surface area contributed by atoms with E-state index in [1.807, 2.05) is 12.1 Å². The predicted molar refractivity (Wildman–Crippen MR) is 82.1 cm³/mol. The molecule has 2 rings (SSSR count). The fourth-order valence-corrected chi connectivity index (χ4v) is 2.06. The molecule has 0 atom stereocenters. The maximum absolute atomic E-state index is 14.1. The molecule has 0 heterocycles. The van der Waals surface area contributed by atoms with Crippen LogP contribution >= 0.6 is 0 Å². The molecule has 2 aromatic rings. The lowest BCUT2D eigenvalue weighted by Gasteiger charge is -2.21. The minimum atomic E-state index is -3.65. The molecule has 0 saturated heterocycles. The number of ether oxygens (including phenoxy) is 1. The Bertz CT molecular complexity index is 669. The third kappa shape index (κ3) is 3.48. The molecular formula is C17H17F2NO3. The number of halogens is 2. The van der Waals surface area contributed by atoms with Gasteiger partial charge in [-0.2, -0.15) is 8.78 Å². The fraction of sp³-hybridized carbons (Fsp3) is 0.235. The second kappa shape index (κ2) is 6.75. The summed E-state index contributed by atoms with van der Waals surface area (Å²) in [6.07, 6.45) is 0. The van der Waals surface area contributed by atoms with Crippen molar-refractivity contribution in [1.29, 1.82) is 0 Å². The number of rotatable bonds is 5. The molecule has 4 nitrogen and oxygen atoms in total. The van der Waals surface area contributed by atoms with E-state index in [4.69, 9.17) is 4.74 Å². The summed E-state index contributed by atoms with van der Waals surface area (Å²) >= 11 is 0. The van der Waals surface area contributed by atoms with Gasteiger partial charge in [-0.25, -0.2) is 5.06 Å². The monoisotopic (exact) mass is 321 g/mol. The highest BCUT2D eigenvalue weighted by Gasteiger charge is 2.43. The molecule has 0 spiro atoms. The number of carbonyl (C=O) groups is 1. The lowest BCUT2D eigenvalue weighted by atomic mass is 10.0. The van der Waals surface area contributed by atoms with Crippen molar-refractivity contribution < 1.29 is 23.1 Å². The smallest absolute Gasteiger partial charge is 0.352 e. The van der Waals surface area contributed by atoms with E-state index in [1.54, 1.807) is 31.4 Å². The van der Waals surface area contributed by atoms with E-state index in [-0.39, 0.29) is 5.56 Å². The van der Waals surface area contributed by atoms with E-state index in [1.165, 1.54) is 12.1 Å². The maximum Gasteiger partial charge on any atom is 0.352 e. The van der Waals surface area contributed by atoms with Crippen LogP contribution in [0.25, 0.3) is 11.1 Å². The van der Waals surface area contributed by atoms with Crippen LogP contribution in [-0.4, -0.2) is 32.2 Å². The van der Waals surface area contributed by atoms with Crippen molar-refractivity contribution in [2.75, 3.05) is 21.3 Å². The topological polar surface area (TPSA) is 38.8 Å². The van der Waals surface area contributed by atoms with Gasteiger partial charge in [-0.3, -0.25) is 9.63 Å². The van der Waals surface area contributed by atoms with Gasteiger partial charge in [-0.05, 0) is 23.3 Å². The molecule has 0 N–H and O–H groups in total. The summed E-state index contributed by atoms with van der Waals surface area (Å²) in [6, 6.07) is 12.8. The van der Waals surface area contributed by atoms with Crippen molar-refractivity contribution in [2.45, 2.75) is 5.92 Å². The predicted octanol–water partition coefficient (Wildman–Crippen LogP) is 3.47. The van der Waals surface area contributed by atoms with E-state index in [0.717, 1.165) is 25.3 Å². The summed E-state index contributed by atoms with van der Waals surface area (Å²) in [5.74, 6) is -4.36. The number of carbonyl (C=O) groups excluding carboxylic acids is 1. The van der Waals surface area contributed by atoms with Gasteiger partial charge >= 0.3 is 11.8 Å². The summed E-state index contributed by atoms with van der Waals surface area (Å²) in [4.78, 5) is 16.2. The summed E-state index contributed by atoms with van der Waals surface area (Å²) in [5.41, 5.74) is 1.24. The van der Waals surface area contributed by atoms with Crippen LogP contribution in [0.1, 0.15) is 5.56 Å². The van der Waals surface area contributed by atoms with Crippen molar-refractivity contribution in [1.82, 2.24) is 5.06 Å². The van der Waals surface area contributed by atoms with Gasteiger partial charge in [0.05, 0.1) is 14.2 Å². The maximum atomic E-state index is 14.1. The number of hydrogen-bond acceptors (Lipinski definition) is 3. The SMILES string of the molecule is COc1ccc(-c2ccc(C(F)(F)C(=O)N(C)OC)cc2)cc1. The highest BCUT2D eigenvalue weighted by Crippen LogP contribution is 2.32. The molecular weight excluding hydrogens is 304 g/mol. The molecule has 0 unspecified atom stereocenters. The van der Waals surface area contributed by atoms with E-state index in [2.05, 4.69) is 4.84 Å². The Balaban J connectivity index is 2.26. The number of nitrogens with zero attached hydrogens (tertiary/aromatic N) is 1. The van der Waals surface area contributed by atoms with Crippen molar-refractivity contribution >= 4 is 5.91 Å². The van der Waals surface area contributed by atoms with Gasteiger partial charge < -0.3 is 4.74 Å². The number of benzene rings is 2. The van der Waals surface area contributed by atoms with Crippen LogP contribution in [0.3, 0.4) is 0 Å². The van der Waals surface area contributed by atoms with E-state index >= 15 is 0 Å². The number of hydroxylamine groups is 2. The van der Waals surface area contributed by atoms with Crippen molar-refractivity contribution in [3.63, 3.8) is 0 Å². The number of methoxy groups -OCH3 is 1. The van der Waals surface area contributed by atoms with E-state index < -0.39 is 11.8 Å². The van der Waals surface area contributed by atoms with Gasteiger partial charge in [0.2, 0.25) is 0 Å². The Kier molecular flexibility index (Phi) is 4.95. The van der Waals surface area contributed by atoms with Crippen LogP contribution in [0.15, 0.2) is 48.5 Å². The summed E-state index contributed by atoms with van der Waals surface area (Å²) in [6.45, 7) is 0. The largest absolute Gasteiger partial charge is 0.497 e. The minimum absolute atomic E-state index is 0.385. The first-order chi connectivity index (χ1) is 10.9. The lowest BCUT2D eigenvalue weighted by molar-refractivity contribution is -0.195. The summed E-state index contributed by atoms with van der Waals surface area (Å²) in [5, 5.41) is 0.511. The van der Waals surface area contributed by atoms with Gasteiger partial charge in [0.15, 0.2) is 0 Å². The number of alkyl halides is 2. The standard InChI is InChI=1S/C17H17F2NO3/c1-20(23-3)16(21)17(18,19)14-8-4-12(5-9-14)13-6-10-15(22-2)11-7-13/h4-11H,1-3H3. The Hall–Kier alpha value is -2.47. The first kappa shape index (κ1) is 16.9. The van der Waals surface area contributed by atoms with E-state index in [9.17, 15) is 13.6 Å². The van der Waals surface area contributed by atoms with Crippen molar-refractivity contribution in [3.05, 3.63) is 54.1 Å². The molecule has 122 valence electrons. The fourth-order valence-electron chi connectivity index (χ4n) is 2.06. The molecule has 0 aromatic heterocycles.